The predicted molar refractivity (Wildman–Crippen MR) is 108 cm³/mol. The molecule has 1 N–H and O–H groups in total. The van der Waals surface area contributed by atoms with Gasteiger partial charge in [0.15, 0.2) is 0 Å². The number of ether oxygens (including phenoxy) is 2. The number of nitrogens with one attached hydrogen (secondary N) is 1. The number of carbonyl (C=O) groups excluding carboxylic acids is 1. The zero-order chi connectivity index (χ0) is 19.2. The van der Waals surface area contributed by atoms with E-state index >= 15 is 0 Å². The van der Waals surface area contributed by atoms with Crippen LogP contribution in [0.5, 0.6) is 11.5 Å². The number of rotatable bonds is 7. The molecule has 144 valence electrons. The summed E-state index contributed by atoms with van der Waals surface area (Å²) in [7, 11) is 0. The normalized spacial score (nSPS) is 17.4. The molecule has 1 unspecified atom stereocenters. The van der Waals surface area contributed by atoms with Crippen molar-refractivity contribution < 1.29 is 14.3 Å². The van der Waals surface area contributed by atoms with E-state index in [1.54, 1.807) is 0 Å². The van der Waals surface area contributed by atoms with Gasteiger partial charge in [0.05, 0.1) is 19.2 Å². The standard InChI is InChI=1S/C22H28N2O3/c1-4-26-20-11-7-19(8-12-20)24-14-13-22(15-24)27-21-9-5-18(6-10-21)16(2)23-17(3)25/h5-12,16,22H,4,13-15H2,1-3H3,(H,23,25)/t16-,22?/m0/s1. The first kappa shape index (κ1) is 19.1. The summed E-state index contributed by atoms with van der Waals surface area (Å²) in [4.78, 5) is 13.5. The molecule has 1 saturated heterocycles. The highest BCUT2D eigenvalue weighted by Gasteiger charge is 2.24. The van der Waals surface area contributed by atoms with Crippen molar-refractivity contribution in [1.82, 2.24) is 5.32 Å². The van der Waals surface area contributed by atoms with E-state index in [0.29, 0.717) is 6.61 Å². The molecular formula is C22H28N2O3. The highest BCUT2D eigenvalue weighted by Crippen LogP contribution is 2.26. The van der Waals surface area contributed by atoms with Gasteiger partial charge in [0.2, 0.25) is 5.91 Å². The smallest absolute Gasteiger partial charge is 0.217 e. The van der Waals surface area contributed by atoms with Gasteiger partial charge in [-0.25, -0.2) is 0 Å². The molecule has 3 rings (SSSR count). The summed E-state index contributed by atoms with van der Waals surface area (Å²) in [6.45, 7) is 8.03. The Morgan fingerprint density at radius 3 is 2.44 bits per heavy atom. The van der Waals surface area contributed by atoms with Gasteiger partial charge in [0.25, 0.3) is 0 Å². The van der Waals surface area contributed by atoms with E-state index in [2.05, 4.69) is 22.3 Å². The van der Waals surface area contributed by atoms with E-state index in [-0.39, 0.29) is 18.1 Å². The van der Waals surface area contributed by atoms with Crippen molar-refractivity contribution in [1.29, 1.82) is 0 Å². The van der Waals surface area contributed by atoms with Crippen molar-refractivity contribution in [2.45, 2.75) is 39.3 Å². The van der Waals surface area contributed by atoms with Crippen molar-refractivity contribution >= 4 is 11.6 Å². The first-order chi connectivity index (χ1) is 13.0. The molecule has 2 aromatic rings. The van der Waals surface area contributed by atoms with Crippen LogP contribution in [-0.4, -0.2) is 31.7 Å². The number of hydrogen-bond acceptors (Lipinski definition) is 4. The molecule has 1 aliphatic heterocycles. The Bertz CT molecular complexity index is 743. The minimum atomic E-state index is -0.0248. The molecule has 1 heterocycles. The maximum absolute atomic E-state index is 11.2. The maximum Gasteiger partial charge on any atom is 0.217 e. The zero-order valence-corrected chi connectivity index (χ0v) is 16.3. The van der Waals surface area contributed by atoms with E-state index in [0.717, 1.165) is 36.6 Å². The van der Waals surface area contributed by atoms with Gasteiger partial charge < -0.3 is 19.7 Å². The Balaban J connectivity index is 1.54. The third kappa shape index (κ3) is 5.16. The van der Waals surface area contributed by atoms with Crippen LogP contribution in [0.2, 0.25) is 0 Å². The summed E-state index contributed by atoms with van der Waals surface area (Å²) in [5, 5.41) is 2.89. The van der Waals surface area contributed by atoms with Gasteiger partial charge in [-0.15, -0.1) is 0 Å². The zero-order valence-electron chi connectivity index (χ0n) is 16.3. The Morgan fingerprint density at radius 1 is 1.15 bits per heavy atom. The van der Waals surface area contributed by atoms with Crippen molar-refractivity contribution in [3.63, 3.8) is 0 Å². The number of benzene rings is 2. The Hall–Kier alpha value is -2.69. The SMILES string of the molecule is CCOc1ccc(N2CCC(Oc3ccc([C@H](C)NC(C)=O)cc3)C2)cc1. The van der Waals surface area contributed by atoms with Gasteiger partial charge in [-0.3, -0.25) is 4.79 Å². The van der Waals surface area contributed by atoms with Gasteiger partial charge in [-0.1, -0.05) is 12.1 Å². The molecule has 0 aliphatic carbocycles. The molecule has 1 amide bonds. The van der Waals surface area contributed by atoms with Crippen molar-refractivity contribution in [2.75, 3.05) is 24.6 Å². The quantitative estimate of drug-likeness (QED) is 0.804. The summed E-state index contributed by atoms with van der Waals surface area (Å²) < 4.78 is 11.7. The monoisotopic (exact) mass is 368 g/mol. The van der Waals surface area contributed by atoms with Gasteiger partial charge in [0.1, 0.15) is 17.6 Å². The summed E-state index contributed by atoms with van der Waals surface area (Å²) in [6.07, 6.45) is 1.17. The fraction of sp³-hybridized carbons (Fsp3) is 0.409. The van der Waals surface area contributed by atoms with E-state index in [9.17, 15) is 4.79 Å². The van der Waals surface area contributed by atoms with Crippen molar-refractivity contribution in [3.8, 4) is 11.5 Å². The molecule has 1 fully saturated rings. The molecule has 5 nitrogen and oxygen atoms in total. The van der Waals surface area contributed by atoms with Gasteiger partial charge >= 0.3 is 0 Å². The molecule has 0 aromatic heterocycles. The van der Waals surface area contributed by atoms with Crippen LogP contribution in [0, 0.1) is 0 Å². The van der Waals surface area contributed by atoms with Crippen LogP contribution in [0.4, 0.5) is 5.69 Å². The molecule has 1 aliphatic rings. The van der Waals surface area contributed by atoms with Crippen LogP contribution in [-0.2, 0) is 4.79 Å². The average molecular weight is 368 g/mol. The molecule has 0 spiro atoms. The maximum atomic E-state index is 11.2. The molecule has 5 heteroatoms. The van der Waals surface area contributed by atoms with Crippen LogP contribution in [0.25, 0.3) is 0 Å². The Labute approximate surface area is 161 Å². The predicted octanol–water partition coefficient (Wildman–Crippen LogP) is 3.94. The second-order valence-electron chi connectivity index (χ2n) is 6.89. The largest absolute Gasteiger partial charge is 0.494 e. The number of carbonyl (C=O) groups is 1. The summed E-state index contributed by atoms with van der Waals surface area (Å²) in [5.41, 5.74) is 2.27. The lowest BCUT2D eigenvalue weighted by atomic mass is 10.1. The van der Waals surface area contributed by atoms with E-state index in [4.69, 9.17) is 9.47 Å². The lowest BCUT2D eigenvalue weighted by Crippen LogP contribution is -2.24. The molecular weight excluding hydrogens is 340 g/mol. The second kappa shape index (κ2) is 8.80. The van der Waals surface area contributed by atoms with Crippen LogP contribution in [0.3, 0.4) is 0 Å². The molecule has 27 heavy (non-hydrogen) atoms. The second-order valence-corrected chi connectivity index (χ2v) is 6.89. The van der Waals surface area contributed by atoms with E-state index < -0.39 is 0 Å². The molecule has 0 bridgehead atoms. The molecule has 2 aromatic carbocycles. The highest BCUT2D eigenvalue weighted by molar-refractivity contribution is 5.73. The Kier molecular flexibility index (Phi) is 6.22. The lowest BCUT2D eigenvalue weighted by molar-refractivity contribution is -0.119. The van der Waals surface area contributed by atoms with E-state index in [1.165, 1.54) is 12.6 Å². The first-order valence-electron chi connectivity index (χ1n) is 9.56. The fourth-order valence-corrected chi connectivity index (χ4v) is 3.39. The number of amides is 1. The molecule has 0 radical (unpaired) electrons. The Morgan fingerprint density at radius 2 is 1.81 bits per heavy atom. The van der Waals surface area contributed by atoms with Gasteiger partial charge in [0, 0.05) is 25.6 Å². The van der Waals surface area contributed by atoms with Crippen molar-refractivity contribution in [2.24, 2.45) is 0 Å². The lowest BCUT2D eigenvalue weighted by Gasteiger charge is -2.20. The minimum Gasteiger partial charge on any atom is -0.494 e. The topological polar surface area (TPSA) is 50.8 Å². The highest BCUT2D eigenvalue weighted by atomic mass is 16.5. The summed E-state index contributed by atoms with van der Waals surface area (Å²) in [5.74, 6) is 1.75. The van der Waals surface area contributed by atoms with Gasteiger partial charge in [-0.2, -0.15) is 0 Å². The number of nitrogens with zero attached hydrogens (tertiary/aromatic N) is 1. The molecule has 0 saturated carbocycles. The van der Waals surface area contributed by atoms with E-state index in [1.807, 2.05) is 50.2 Å². The summed E-state index contributed by atoms with van der Waals surface area (Å²) in [6, 6.07) is 16.2. The summed E-state index contributed by atoms with van der Waals surface area (Å²) >= 11 is 0. The third-order valence-corrected chi connectivity index (χ3v) is 4.76. The molecule has 2 atom stereocenters. The van der Waals surface area contributed by atoms with Crippen LogP contribution in [0.15, 0.2) is 48.5 Å². The van der Waals surface area contributed by atoms with Crippen LogP contribution in [0.1, 0.15) is 38.8 Å². The van der Waals surface area contributed by atoms with Crippen LogP contribution < -0.4 is 19.7 Å². The number of anilines is 1. The fourth-order valence-electron chi connectivity index (χ4n) is 3.39. The third-order valence-electron chi connectivity index (χ3n) is 4.76. The average Bonchev–Trinajstić information content (AvgIpc) is 3.11. The van der Waals surface area contributed by atoms with Crippen molar-refractivity contribution in [3.05, 3.63) is 54.1 Å². The minimum absolute atomic E-state index is 0.00168. The van der Waals surface area contributed by atoms with Gasteiger partial charge in [-0.05, 0) is 55.8 Å². The first-order valence-corrected chi connectivity index (χ1v) is 9.56. The number of hydrogen-bond donors (Lipinski definition) is 1. The van der Waals surface area contributed by atoms with Crippen LogP contribution >= 0.6 is 0 Å².